The highest BCUT2D eigenvalue weighted by Gasteiger charge is 2.50. The van der Waals surface area contributed by atoms with Crippen LogP contribution in [0.3, 0.4) is 0 Å². The van der Waals surface area contributed by atoms with E-state index in [1.165, 1.54) is 31.3 Å². The largest absolute Gasteiger partial charge is 0.390 e. The normalized spacial score (nSPS) is 39.1. The number of rotatable bonds is 7. The minimum Gasteiger partial charge on any atom is -0.390 e. The average Bonchev–Trinajstić information content (AvgIpc) is 3.36. The molecule has 1 unspecified atom stereocenters. The average molecular weight is 522 g/mol. The number of aliphatic hydroxyl groups is 2. The molecule has 7 atom stereocenters. The molecule has 4 aliphatic rings. The van der Waals surface area contributed by atoms with E-state index in [1.54, 1.807) is 0 Å². The fourth-order valence-electron chi connectivity index (χ4n) is 7.87. The van der Waals surface area contributed by atoms with Gasteiger partial charge in [0.1, 0.15) is 12.2 Å². The van der Waals surface area contributed by atoms with Crippen LogP contribution in [0.15, 0.2) is 47.1 Å². The Bertz CT molecular complexity index is 1060. The number of nitrogens with zero attached hydrogens (tertiary/aromatic N) is 1. The van der Waals surface area contributed by atoms with Crippen molar-refractivity contribution in [2.75, 3.05) is 6.61 Å². The van der Waals surface area contributed by atoms with E-state index < -0.39 is 18.3 Å². The van der Waals surface area contributed by atoms with E-state index in [0.29, 0.717) is 55.0 Å². The number of allylic oxidation sites excluding steroid dienone is 5. The second-order valence-corrected chi connectivity index (χ2v) is 13.1. The van der Waals surface area contributed by atoms with Crippen LogP contribution in [-0.2, 0) is 9.53 Å². The van der Waals surface area contributed by atoms with Gasteiger partial charge in [0.25, 0.3) is 0 Å². The van der Waals surface area contributed by atoms with Crippen molar-refractivity contribution in [3.63, 3.8) is 0 Å². The maximum atomic E-state index is 12.9. The van der Waals surface area contributed by atoms with Gasteiger partial charge in [0, 0.05) is 24.9 Å². The lowest BCUT2D eigenvalue weighted by Gasteiger charge is -2.44. The number of ketones is 1. The van der Waals surface area contributed by atoms with Gasteiger partial charge in [0.05, 0.1) is 12.2 Å². The number of carbonyl (C=O) groups excluding carboxylic acids is 1. The minimum absolute atomic E-state index is 0.213. The van der Waals surface area contributed by atoms with Crippen LogP contribution in [0.2, 0.25) is 0 Å². The van der Waals surface area contributed by atoms with Crippen LogP contribution in [0.4, 0.5) is 0 Å². The molecule has 0 saturated heterocycles. The fraction of sp³-hybridized carbons (Fsp3) is 0.697. The lowest BCUT2D eigenvalue weighted by Crippen LogP contribution is -2.45. The van der Waals surface area contributed by atoms with Gasteiger partial charge in [-0.15, -0.1) is 0 Å². The Balaban J connectivity index is 1.46. The molecule has 0 aromatic heterocycles. The van der Waals surface area contributed by atoms with Gasteiger partial charge in [-0.3, -0.25) is 4.79 Å². The van der Waals surface area contributed by atoms with Gasteiger partial charge in [-0.1, -0.05) is 58.1 Å². The van der Waals surface area contributed by atoms with E-state index in [-0.39, 0.29) is 10.8 Å². The number of hydrogen-bond donors (Lipinski definition) is 2. The summed E-state index contributed by atoms with van der Waals surface area (Å²) in [5.74, 6) is 1.83. The third-order valence-corrected chi connectivity index (χ3v) is 10.2. The van der Waals surface area contributed by atoms with Crippen molar-refractivity contribution in [3.05, 3.63) is 47.1 Å². The highest BCUT2D eigenvalue weighted by Crippen LogP contribution is 2.60. The van der Waals surface area contributed by atoms with Gasteiger partial charge in [0.2, 0.25) is 0 Å². The summed E-state index contributed by atoms with van der Waals surface area (Å²) < 4.78 is 5.71. The second kappa shape index (κ2) is 11.6. The minimum atomic E-state index is -0.949. The third-order valence-electron chi connectivity index (χ3n) is 10.2. The molecular weight excluding hydrogens is 474 g/mol. The summed E-state index contributed by atoms with van der Waals surface area (Å²) in [6.07, 6.45) is 13.3. The van der Waals surface area contributed by atoms with Crippen molar-refractivity contribution >= 4 is 5.78 Å². The molecule has 4 aliphatic carbocycles. The molecule has 208 valence electrons. The fourth-order valence-corrected chi connectivity index (χ4v) is 7.87. The van der Waals surface area contributed by atoms with Crippen LogP contribution in [0, 0.1) is 39.9 Å². The van der Waals surface area contributed by atoms with E-state index >= 15 is 0 Å². The van der Waals surface area contributed by atoms with Crippen LogP contribution < -0.4 is 0 Å². The van der Waals surface area contributed by atoms with E-state index in [1.807, 2.05) is 0 Å². The number of aliphatic hydroxyl groups excluding tert-OH is 2. The maximum Gasteiger partial charge on any atom is 0.164 e. The molecule has 4 rings (SSSR count). The smallest absolute Gasteiger partial charge is 0.164 e. The number of carbonyl (C=O) groups is 1. The Labute approximate surface area is 229 Å². The predicted molar refractivity (Wildman–Crippen MR) is 150 cm³/mol. The summed E-state index contributed by atoms with van der Waals surface area (Å²) in [6, 6.07) is 2.08. The molecule has 38 heavy (non-hydrogen) atoms. The van der Waals surface area contributed by atoms with Gasteiger partial charge in [-0.2, -0.15) is 5.26 Å². The molecule has 0 bridgehead atoms. The van der Waals surface area contributed by atoms with Crippen LogP contribution in [-0.4, -0.2) is 40.9 Å². The predicted octanol–water partition coefficient (Wildman–Crippen LogP) is 6.38. The van der Waals surface area contributed by atoms with Crippen molar-refractivity contribution < 1.29 is 19.7 Å². The molecule has 4 saturated carbocycles. The van der Waals surface area contributed by atoms with Gasteiger partial charge in [-0.25, -0.2) is 0 Å². The summed E-state index contributed by atoms with van der Waals surface area (Å²) in [7, 11) is 0. The standard InChI is InChI=1S/C33H47NO4/c1-21(19-25-14-16-32(3,4)31(25)37)26-12-13-27-23(9-8-15-33(26,27)5)10-11-24-20-28(35)30(29(36)22(24)2)38-18-7-6-17-34/h10-11,19,21,26-30,35-36H,2,6-9,12-16,18,20H2,1,3-5H3/b23-10+,24-11-,25-19+/t21?,26-,27+,28-,29-,30+,33-/m1/s1. The van der Waals surface area contributed by atoms with Crippen LogP contribution >= 0.6 is 0 Å². The van der Waals surface area contributed by atoms with Gasteiger partial charge >= 0.3 is 0 Å². The van der Waals surface area contributed by atoms with Crippen molar-refractivity contribution in [1.82, 2.24) is 0 Å². The second-order valence-electron chi connectivity index (χ2n) is 13.1. The first-order valence-electron chi connectivity index (χ1n) is 14.7. The third kappa shape index (κ3) is 5.64. The number of nitriles is 1. The Kier molecular flexibility index (Phi) is 8.87. The van der Waals surface area contributed by atoms with Gasteiger partial charge in [-0.05, 0) is 91.3 Å². The van der Waals surface area contributed by atoms with Crippen molar-refractivity contribution in [2.24, 2.45) is 28.6 Å². The Morgan fingerprint density at radius 2 is 1.92 bits per heavy atom. The van der Waals surface area contributed by atoms with E-state index in [9.17, 15) is 15.0 Å². The van der Waals surface area contributed by atoms with Crippen LogP contribution in [0.1, 0.15) is 91.9 Å². The molecule has 0 radical (unpaired) electrons. The molecule has 0 aromatic rings. The Morgan fingerprint density at radius 3 is 2.61 bits per heavy atom. The monoisotopic (exact) mass is 521 g/mol. The topological polar surface area (TPSA) is 90.5 Å². The zero-order valence-corrected chi connectivity index (χ0v) is 23.8. The van der Waals surface area contributed by atoms with Crippen LogP contribution in [0.5, 0.6) is 0 Å². The first kappa shape index (κ1) is 29.0. The summed E-state index contributed by atoms with van der Waals surface area (Å²) in [5.41, 5.74) is 4.03. The van der Waals surface area contributed by atoms with Crippen molar-refractivity contribution in [2.45, 2.75) is 110 Å². The first-order chi connectivity index (χ1) is 18.0. The highest BCUT2D eigenvalue weighted by molar-refractivity contribution is 6.01. The van der Waals surface area contributed by atoms with E-state index in [2.05, 4.69) is 58.6 Å². The molecule has 4 fully saturated rings. The molecule has 5 heteroatoms. The molecule has 0 amide bonds. The summed E-state index contributed by atoms with van der Waals surface area (Å²) >= 11 is 0. The molecule has 0 aromatic carbocycles. The first-order valence-corrected chi connectivity index (χ1v) is 14.7. The molecule has 2 N–H and O–H groups in total. The van der Waals surface area contributed by atoms with E-state index in [0.717, 1.165) is 30.4 Å². The zero-order chi connectivity index (χ0) is 27.7. The quantitative estimate of drug-likeness (QED) is 0.300. The summed E-state index contributed by atoms with van der Waals surface area (Å²) in [5, 5.41) is 30.2. The lowest BCUT2D eigenvalue weighted by molar-refractivity contribution is -0.121. The van der Waals surface area contributed by atoms with Crippen molar-refractivity contribution in [3.8, 4) is 6.07 Å². The number of hydrogen-bond acceptors (Lipinski definition) is 5. The number of Topliss-reactive ketones (excluding diaryl/α,β-unsaturated/α-hetero) is 1. The molecular formula is C33H47NO4. The number of unbranched alkanes of at least 4 members (excludes halogenated alkanes) is 1. The molecule has 5 nitrogen and oxygen atoms in total. The lowest BCUT2D eigenvalue weighted by atomic mass is 9.61. The number of fused-ring (bicyclic) bond motifs is 1. The van der Waals surface area contributed by atoms with Crippen LogP contribution in [0.25, 0.3) is 0 Å². The number of ether oxygens (including phenoxy) is 1. The molecule has 0 aliphatic heterocycles. The Morgan fingerprint density at radius 1 is 1.16 bits per heavy atom. The SMILES string of the molecule is C=C1/C(=C\C=C2/CCC[C@]3(C)[C@@H](C(C)/C=C4\CCC(C)(C)C4=O)CC[C@@H]23)C[C@@H](O)[C@H](OCCCC#N)[C@@H]1O. The Hall–Kier alpha value is -2.00. The zero-order valence-electron chi connectivity index (χ0n) is 23.8. The highest BCUT2D eigenvalue weighted by atomic mass is 16.5. The maximum absolute atomic E-state index is 12.9. The summed E-state index contributed by atoms with van der Waals surface area (Å²) in [6.45, 7) is 13.4. The van der Waals surface area contributed by atoms with Crippen molar-refractivity contribution in [1.29, 1.82) is 5.26 Å². The van der Waals surface area contributed by atoms with Gasteiger partial charge < -0.3 is 14.9 Å². The van der Waals surface area contributed by atoms with E-state index in [4.69, 9.17) is 10.00 Å². The molecule has 0 spiro atoms. The summed E-state index contributed by atoms with van der Waals surface area (Å²) in [4.78, 5) is 12.9. The van der Waals surface area contributed by atoms with Gasteiger partial charge in [0.15, 0.2) is 5.78 Å². The molecule has 0 heterocycles.